The van der Waals surface area contributed by atoms with Crippen molar-refractivity contribution in [1.82, 2.24) is 5.32 Å². The Kier molecular flexibility index (Phi) is 8.95. The number of ether oxygens (including phenoxy) is 2. The van der Waals surface area contributed by atoms with Crippen molar-refractivity contribution in [3.63, 3.8) is 0 Å². The SMILES string of the molecule is CCOc1cc(CNCc2cccs2)ccc1OCc1ccccc1Cl.Cl. The van der Waals surface area contributed by atoms with Gasteiger partial charge in [0.1, 0.15) is 6.61 Å². The Bertz CT molecular complexity index is 825. The van der Waals surface area contributed by atoms with Crippen molar-refractivity contribution in [1.29, 1.82) is 0 Å². The van der Waals surface area contributed by atoms with E-state index in [9.17, 15) is 0 Å². The van der Waals surface area contributed by atoms with E-state index < -0.39 is 0 Å². The molecular weight excluding hydrogens is 401 g/mol. The number of halogens is 2. The summed E-state index contributed by atoms with van der Waals surface area (Å²) in [5.74, 6) is 1.49. The molecule has 0 saturated heterocycles. The second-order valence-corrected chi connectivity index (χ2v) is 7.22. The van der Waals surface area contributed by atoms with Crippen LogP contribution in [0.2, 0.25) is 5.02 Å². The van der Waals surface area contributed by atoms with E-state index in [0.717, 1.165) is 35.7 Å². The maximum absolute atomic E-state index is 6.20. The summed E-state index contributed by atoms with van der Waals surface area (Å²) in [6.45, 7) is 4.62. The normalized spacial score (nSPS) is 10.3. The van der Waals surface area contributed by atoms with Crippen LogP contribution in [0.4, 0.5) is 0 Å². The van der Waals surface area contributed by atoms with Crippen LogP contribution in [-0.2, 0) is 19.7 Å². The van der Waals surface area contributed by atoms with Crippen LogP contribution in [0.3, 0.4) is 0 Å². The third kappa shape index (κ3) is 6.43. The first-order valence-electron chi connectivity index (χ1n) is 8.61. The quantitative estimate of drug-likeness (QED) is 0.451. The zero-order valence-corrected chi connectivity index (χ0v) is 17.5. The highest BCUT2D eigenvalue weighted by atomic mass is 35.5. The van der Waals surface area contributed by atoms with E-state index in [-0.39, 0.29) is 12.4 Å². The van der Waals surface area contributed by atoms with Gasteiger partial charge in [-0.3, -0.25) is 0 Å². The van der Waals surface area contributed by atoms with Gasteiger partial charge in [0.2, 0.25) is 0 Å². The third-order valence-corrected chi connectivity index (χ3v) is 5.10. The topological polar surface area (TPSA) is 30.5 Å². The third-order valence-electron chi connectivity index (χ3n) is 3.86. The summed E-state index contributed by atoms with van der Waals surface area (Å²) in [6.07, 6.45) is 0. The summed E-state index contributed by atoms with van der Waals surface area (Å²) in [5.41, 5.74) is 2.12. The predicted octanol–water partition coefficient (Wildman–Crippen LogP) is 6.09. The Morgan fingerprint density at radius 1 is 0.963 bits per heavy atom. The molecule has 0 amide bonds. The van der Waals surface area contributed by atoms with Crippen LogP contribution in [0.25, 0.3) is 0 Å². The Morgan fingerprint density at radius 2 is 1.81 bits per heavy atom. The Labute approximate surface area is 175 Å². The Morgan fingerprint density at radius 3 is 2.56 bits per heavy atom. The minimum atomic E-state index is 0. The van der Waals surface area contributed by atoms with E-state index in [0.29, 0.717) is 18.2 Å². The molecule has 6 heteroatoms. The van der Waals surface area contributed by atoms with Crippen LogP contribution < -0.4 is 14.8 Å². The van der Waals surface area contributed by atoms with Gasteiger partial charge >= 0.3 is 0 Å². The molecule has 1 N–H and O–H groups in total. The van der Waals surface area contributed by atoms with Gasteiger partial charge in [-0.25, -0.2) is 0 Å². The van der Waals surface area contributed by atoms with Crippen LogP contribution in [0.1, 0.15) is 22.9 Å². The van der Waals surface area contributed by atoms with Crippen molar-refractivity contribution in [2.45, 2.75) is 26.6 Å². The van der Waals surface area contributed by atoms with Crippen molar-refractivity contribution in [2.75, 3.05) is 6.61 Å². The number of thiophene rings is 1. The van der Waals surface area contributed by atoms with Gasteiger partial charge in [0, 0.05) is 28.6 Å². The number of hydrogen-bond acceptors (Lipinski definition) is 4. The molecule has 1 heterocycles. The molecule has 0 bridgehead atoms. The largest absolute Gasteiger partial charge is 0.490 e. The Hall–Kier alpha value is -1.72. The lowest BCUT2D eigenvalue weighted by Gasteiger charge is -2.14. The zero-order chi connectivity index (χ0) is 18.2. The molecule has 0 radical (unpaired) electrons. The molecule has 1 aromatic heterocycles. The highest BCUT2D eigenvalue weighted by Gasteiger charge is 2.08. The fraction of sp³-hybridized carbons (Fsp3) is 0.238. The fourth-order valence-corrected chi connectivity index (χ4v) is 3.43. The van der Waals surface area contributed by atoms with Gasteiger partial charge in [0.25, 0.3) is 0 Å². The maximum atomic E-state index is 6.20. The molecule has 0 atom stereocenters. The van der Waals surface area contributed by atoms with E-state index in [2.05, 4.69) is 28.9 Å². The molecule has 3 rings (SSSR count). The summed E-state index contributed by atoms with van der Waals surface area (Å²) in [6, 6.07) is 18.0. The summed E-state index contributed by atoms with van der Waals surface area (Å²) in [4.78, 5) is 1.33. The highest BCUT2D eigenvalue weighted by molar-refractivity contribution is 7.09. The van der Waals surface area contributed by atoms with Crippen LogP contribution in [0, 0.1) is 0 Å². The van der Waals surface area contributed by atoms with E-state index >= 15 is 0 Å². The molecule has 0 unspecified atom stereocenters. The lowest BCUT2D eigenvalue weighted by atomic mass is 10.2. The zero-order valence-electron chi connectivity index (χ0n) is 15.1. The van der Waals surface area contributed by atoms with Crippen molar-refractivity contribution >= 4 is 35.3 Å². The van der Waals surface area contributed by atoms with Gasteiger partial charge in [-0.1, -0.05) is 41.9 Å². The first kappa shape index (κ1) is 21.6. The summed E-state index contributed by atoms with van der Waals surface area (Å²) >= 11 is 7.96. The number of benzene rings is 2. The van der Waals surface area contributed by atoms with Gasteiger partial charge in [-0.05, 0) is 42.1 Å². The van der Waals surface area contributed by atoms with Crippen LogP contribution in [0.5, 0.6) is 11.5 Å². The first-order chi connectivity index (χ1) is 12.8. The van der Waals surface area contributed by atoms with E-state index in [4.69, 9.17) is 21.1 Å². The molecule has 2 aromatic carbocycles. The monoisotopic (exact) mass is 423 g/mol. The van der Waals surface area contributed by atoms with Crippen molar-refractivity contribution in [3.05, 3.63) is 81.0 Å². The molecule has 0 spiro atoms. The molecule has 144 valence electrons. The number of rotatable bonds is 9. The second-order valence-electron chi connectivity index (χ2n) is 5.78. The first-order valence-corrected chi connectivity index (χ1v) is 9.87. The highest BCUT2D eigenvalue weighted by Crippen LogP contribution is 2.30. The van der Waals surface area contributed by atoms with Crippen molar-refractivity contribution in [2.24, 2.45) is 0 Å². The van der Waals surface area contributed by atoms with Gasteiger partial charge in [-0.2, -0.15) is 0 Å². The van der Waals surface area contributed by atoms with Crippen molar-refractivity contribution in [3.8, 4) is 11.5 Å². The van der Waals surface area contributed by atoms with E-state index in [1.54, 1.807) is 11.3 Å². The predicted molar refractivity (Wildman–Crippen MR) is 116 cm³/mol. The van der Waals surface area contributed by atoms with Crippen LogP contribution >= 0.6 is 35.3 Å². The molecule has 0 aliphatic rings. The average Bonchev–Trinajstić information content (AvgIpc) is 3.16. The van der Waals surface area contributed by atoms with E-state index in [1.165, 1.54) is 4.88 Å². The molecule has 27 heavy (non-hydrogen) atoms. The van der Waals surface area contributed by atoms with Gasteiger partial charge < -0.3 is 14.8 Å². The van der Waals surface area contributed by atoms with Crippen molar-refractivity contribution < 1.29 is 9.47 Å². The Balaban J connectivity index is 0.00000261. The molecule has 0 aliphatic heterocycles. The summed E-state index contributed by atoms with van der Waals surface area (Å²) < 4.78 is 11.7. The number of hydrogen-bond donors (Lipinski definition) is 1. The number of nitrogens with one attached hydrogen (secondary N) is 1. The molecule has 0 aliphatic carbocycles. The molecule has 3 nitrogen and oxygen atoms in total. The van der Waals surface area contributed by atoms with Gasteiger partial charge in [0.15, 0.2) is 11.5 Å². The minimum absolute atomic E-state index is 0. The average molecular weight is 424 g/mol. The summed E-state index contributed by atoms with van der Waals surface area (Å²) in [5, 5.41) is 6.26. The van der Waals surface area contributed by atoms with Crippen LogP contribution in [-0.4, -0.2) is 6.61 Å². The van der Waals surface area contributed by atoms with Gasteiger partial charge in [-0.15, -0.1) is 23.7 Å². The fourth-order valence-electron chi connectivity index (χ4n) is 2.56. The lowest BCUT2D eigenvalue weighted by molar-refractivity contribution is 0.269. The molecular formula is C21H23Cl2NO2S. The minimum Gasteiger partial charge on any atom is -0.490 e. The van der Waals surface area contributed by atoms with Gasteiger partial charge in [0.05, 0.1) is 6.61 Å². The molecule has 0 fully saturated rings. The smallest absolute Gasteiger partial charge is 0.161 e. The molecule has 0 saturated carbocycles. The second kappa shape index (κ2) is 11.2. The van der Waals surface area contributed by atoms with Crippen LogP contribution in [0.15, 0.2) is 60.0 Å². The van der Waals surface area contributed by atoms with E-state index in [1.807, 2.05) is 43.3 Å². The molecule has 3 aromatic rings. The standard InChI is InChI=1S/C21H22ClNO2S.ClH/c1-2-24-21-12-16(13-23-14-18-7-5-11-26-18)9-10-20(21)25-15-17-6-3-4-8-19(17)22;/h3-12,23H,2,13-15H2,1H3;1H. The maximum Gasteiger partial charge on any atom is 0.161 e. The lowest BCUT2D eigenvalue weighted by Crippen LogP contribution is -2.12. The summed E-state index contributed by atoms with van der Waals surface area (Å²) in [7, 11) is 0.